The van der Waals surface area contributed by atoms with Crippen LogP contribution >= 0.6 is 0 Å². The first kappa shape index (κ1) is 32.9. The molecule has 11 nitrogen and oxygen atoms in total. The molecular weight excluding hydrogens is 586 g/mol. The molecule has 2 aliphatic heterocycles. The van der Waals surface area contributed by atoms with Crippen molar-refractivity contribution in [3.63, 3.8) is 0 Å². The van der Waals surface area contributed by atoms with E-state index in [9.17, 15) is 4.79 Å². The fraction of sp³-hybridized carbons (Fsp3) is 0.457. The normalized spacial score (nSPS) is 19.0. The van der Waals surface area contributed by atoms with E-state index in [1.807, 2.05) is 54.6 Å². The van der Waals surface area contributed by atoms with Crippen LogP contribution in [0.2, 0.25) is 0 Å². The number of ether oxygens (including phenoxy) is 5. The highest BCUT2D eigenvalue weighted by Gasteiger charge is 2.40. The molecule has 46 heavy (non-hydrogen) atoms. The van der Waals surface area contributed by atoms with Gasteiger partial charge in [-0.2, -0.15) is 0 Å². The minimum absolute atomic E-state index is 0.00773. The molecule has 0 bridgehead atoms. The van der Waals surface area contributed by atoms with Crippen molar-refractivity contribution in [2.75, 3.05) is 58.5 Å². The van der Waals surface area contributed by atoms with Crippen molar-refractivity contribution in [2.24, 2.45) is 5.11 Å². The van der Waals surface area contributed by atoms with Gasteiger partial charge in [0.15, 0.2) is 0 Å². The minimum atomic E-state index is -0.408. The number of nitrogens with zero attached hydrogens (tertiary/aromatic N) is 5. The maximum Gasteiger partial charge on any atom is 0.410 e. The SMILES string of the molecule is COCCCN1CCOc2ccc(CO[C@H]3CN(C(=O)OCc4ccccc4)[C@H](CCN=[N+]=[N-])C[C@@H]3c3ccc(OC)cc3)cc21. The molecular formula is C35H43N5O6. The summed E-state index contributed by atoms with van der Waals surface area (Å²) in [5.74, 6) is 1.64. The monoisotopic (exact) mass is 629 g/mol. The number of carbonyl (C=O) groups excluding carboxylic acids is 1. The molecule has 2 aliphatic rings. The number of anilines is 1. The number of likely N-dealkylation sites (tertiary alicyclic amines) is 1. The Morgan fingerprint density at radius 1 is 1.04 bits per heavy atom. The first-order valence-corrected chi connectivity index (χ1v) is 15.8. The smallest absolute Gasteiger partial charge is 0.410 e. The summed E-state index contributed by atoms with van der Waals surface area (Å²) in [7, 11) is 3.37. The van der Waals surface area contributed by atoms with Crippen molar-refractivity contribution >= 4 is 11.8 Å². The van der Waals surface area contributed by atoms with E-state index in [2.05, 4.69) is 33.1 Å². The van der Waals surface area contributed by atoms with Gasteiger partial charge < -0.3 is 33.5 Å². The zero-order valence-electron chi connectivity index (χ0n) is 26.6. The number of hydrogen-bond acceptors (Lipinski definition) is 8. The molecule has 0 radical (unpaired) electrons. The number of hydrogen-bond donors (Lipinski definition) is 0. The average Bonchev–Trinajstić information content (AvgIpc) is 3.10. The summed E-state index contributed by atoms with van der Waals surface area (Å²) in [5.41, 5.74) is 13.0. The van der Waals surface area contributed by atoms with Crippen LogP contribution in [0.15, 0.2) is 77.9 Å². The average molecular weight is 630 g/mol. The molecule has 0 unspecified atom stereocenters. The summed E-state index contributed by atoms with van der Waals surface area (Å²) in [4.78, 5) is 20.6. The Morgan fingerprint density at radius 3 is 2.63 bits per heavy atom. The van der Waals surface area contributed by atoms with Crippen LogP contribution in [-0.4, -0.2) is 76.8 Å². The molecule has 11 heteroatoms. The van der Waals surface area contributed by atoms with E-state index in [1.54, 1.807) is 19.1 Å². The Morgan fingerprint density at radius 2 is 1.87 bits per heavy atom. The lowest BCUT2D eigenvalue weighted by Gasteiger charge is -2.43. The Bertz CT molecular complexity index is 1450. The van der Waals surface area contributed by atoms with Gasteiger partial charge in [-0.25, -0.2) is 4.79 Å². The number of methoxy groups -OCH3 is 2. The third-order valence-electron chi connectivity index (χ3n) is 8.62. The number of rotatable bonds is 14. The van der Waals surface area contributed by atoms with Crippen LogP contribution < -0.4 is 14.4 Å². The highest BCUT2D eigenvalue weighted by molar-refractivity contribution is 5.68. The number of fused-ring (bicyclic) bond motifs is 1. The van der Waals surface area contributed by atoms with E-state index in [0.29, 0.717) is 39.2 Å². The van der Waals surface area contributed by atoms with E-state index < -0.39 is 6.09 Å². The molecule has 2 heterocycles. The summed E-state index contributed by atoms with van der Waals surface area (Å²) >= 11 is 0. The topological polar surface area (TPSA) is 118 Å². The fourth-order valence-electron chi connectivity index (χ4n) is 6.21. The van der Waals surface area contributed by atoms with Gasteiger partial charge in [0, 0.05) is 43.7 Å². The predicted octanol–water partition coefficient (Wildman–Crippen LogP) is 6.71. The fourth-order valence-corrected chi connectivity index (χ4v) is 6.21. The molecule has 3 aromatic carbocycles. The van der Waals surface area contributed by atoms with Gasteiger partial charge in [0.1, 0.15) is 24.7 Å². The van der Waals surface area contributed by atoms with Crippen molar-refractivity contribution < 1.29 is 28.5 Å². The Labute approximate surface area is 270 Å². The molecule has 1 amide bonds. The summed E-state index contributed by atoms with van der Waals surface area (Å²) < 4.78 is 29.1. The Hall–Kier alpha value is -4.44. The second-order valence-corrected chi connectivity index (χ2v) is 11.5. The van der Waals surface area contributed by atoms with E-state index in [-0.39, 0.29) is 31.2 Å². The maximum atomic E-state index is 13.6. The van der Waals surface area contributed by atoms with E-state index >= 15 is 0 Å². The number of azide groups is 1. The van der Waals surface area contributed by atoms with Crippen LogP contribution in [-0.2, 0) is 27.4 Å². The molecule has 3 atom stereocenters. The maximum absolute atomic E-state index is 13.6. The number of amides is 1. The highest BCUT2D eigenvalue weighted by atomic mass is 16.6. The van der Waals surface area contributed by atoms with Gasteiger partial charge in [-0.05, 0) is 65.7 Å². The van der Waals surface area contributed by atoms with Gasteiger partial charge in [-0.1, -0.05) is 53.6 Å². The lowest BCUT2D eigenvalue weighted by atomic mass is 9.82. The van der Waals surface area contributed by atoms with Crippen molar-refractivity contribution in [1.29, 1.82) is 0 Å². The molecule has 0 N–H and O–H groups in total. The first-order chi connectivity index (χ1) is 22.6. The summed E-state index contributed by atoms with van der Waals surface area (Å²) in [6, 6.07) is 23.6. The highest BCUT2D eigenvalue weighted by Crippen LogP contribution is 2.38. The third kappa shape index (κ3) is 8.63. The van der Waals surface area contributed by atoms with Crippen molar-refractivity contribution in [3.8, 4) is 11.5 Å². The molecule has 0 saturated carbocycles. The molecule has 5 rings (SSSR count). The molecule has 244 valence electrons. The van der Waals surface area contributed by atoms with Crippen molar-refractivity contribution in [3.05, 3.63) is 99.9 Å². The quantitative estimate of drug-likeness (QED) is 0.0842. The largest absolute Gasteiger partial charge is 0.497 e. The van der Waals surface area contributed by atoms with Gasteiger partial charge in [0.25, 0.3) is 0 Å². The zero-order chi connectivity index (χ0) is 32.1. The van der Waals surface area contributed by atoms with Crippen LogP contribution in [0.1, 0.15) is 41.9 Å². The van der Waals surface area contributed by atoms with Crippen LogP contribution in [0.3, 0.4) is 0 Å². The standard InChI is InChI=1S/C35H43N5O6/c1-42-19-6-17-39-18-20-44-33-14-9-27(21-32(33)39)25-45-34-23-40(35(41)46-24-26-7-4-3-5-8-26)29(15-16-37-38-36)22-31(34)28-10-12-30(43-2)13-11-28/h3-5,7-14,21,29,31,34H,6,15-20,22-25H2,1-2H3/t29-,31-,34+/m1/s1. The molecule has 0 aromatic heterocycles. The third-order valence-corrected chi connectivity index (χ3v) is 8.62. The minimum Gasteiger partial charge on any atom is -0.497 e. The van der Waals surface area contributed by atoms with Crippen LogP contribution in [0, 0.1) is 0 Å². The summed E-state index contributed by atoms with van der Waals surface area (Å²) in [6.07, 6.45) is 1.36. The van der Waals surface area contributed by atoms with Gasteiger partial charge in [0.2, 0.25) is 0 Å². The van der Waals surface area contributed by atoms with E-state index in [0.717, 1.165) is 53.4 Å². The number of carbonyl (C=O) groups is 1. The second-order valence-electron chi connectivity index (χ2n) is 11.5. The summed E-state index contributed by atoms with van der Waals surface area (Å²) in [5, 5.41) is 3.77. The zero-order valence-corrected chi connectivity index (χ0v) is 26.6. The second kappa shape index (κ2) is 16.7. The Balaban J connectivity index is 1.36. The van der Waals surface area contributed by atoms with Crippen molar-refractivity contribution in [1.82, 2.24) is 4.90 Å². The molecule has 1 saturated heterocycles. The Kier molecular flexibility index (Phi) is 12.0. The number of piperidine rings is 1. The number of benzene rings is 3. The molecule has 1 fully saturated rings. The first-order valence-electron chi connectivity index (χ1n) is 15.8. The van der Waals surface area contributed by atoms with Gasteiger partial charge >= 0.3 is 6.09 Å². The van der Waals surface area contributed by atoms with E-state index in [4.69, 9.17) is 29.2 Å². The molecule has 3 aromatic rings. The lowest BCUT2D eigenvalue weighted by molar-refractivity contribution is -0.0421. The van der Waals surface area contributed by atoms with Crippen LogP contribution in [0.25, 0.3) is 10.4 Å². The lowest BCUT2D eigenvalue weighted by Crippen LogP contribution is -2.52. The summed E-state index contributed by atoms with van der Waals surface area (Å²) in [6.45, 7) is 4.22. The molecule has 0 spiro atoms. The van der Waals surface area contributed by atoms with Crippen LogP contribution in [0.5, 0.6) is 11.5 Å². The molecule has 0 aliphatic carbocycles. The van der Waals surface area contributed by atoms with Crippen LogP contribution in [0.4, 0.5) is 10.5 Å². The predicted molar refractivity (Wildman–Crippen MR) is 175 cm³/mol. The van der Waals surface area contributed by atoms with Gasteiger partial charge in [0.05, 0.1) is 38.6 Å². The van der Waals surface area contributed by atoms with E-state index in [1.165, 1.54) is 0 Å². The van der Waals surface area contributed by atoms with Gasteiger partial charge in [-0.15, -0.1) is 0 Å². The van der Waals surface area contributed by atoms with Crippen molar-refractivity contribution in [2.45, 2.75) is 50.5 Å². The van der Waals surface area contributed by atoms with Gasteiger partial charge in [-0.3, -0.25) is 0 Å².